The van der Waals surface area contributed by atoms with Gasteiger partial charge in [0.15, 0.2) is 0 Å². The maximum absolute atomic E-state index is 9.67. The molecule has 0 saturated carbocycles. The van der Waals surface area contributed by atoms with Crippen LogP contribution in [0.4, 0.5) is 13.2 Å². The summed E-state index contributed by atoms with van der Waals surface area (Å²) in [5.41, 5.74) is 0. The van der Waals surface area contributed by atoms with Crippen LogP contribution in [-0.2, 0) is 10.3 Å². The number of nitrogens with zero attached hydrogens (tertiary/aromatic N) is 2. The van der Waals surface area contributed by atoms with Gasteiger partial charge in [0.05, 0.1) is 6.67 Å². The van der Waals surface area contributed by atoms with Gasteiger partial charge in [0.2, 0.25) is 10.3 Å². The molecule has 0 atom stereocenters. The maximum atomic E-state index is 9.67. The molecule has 16 heavy (non-hydrogen) atoms. The topological polar surface area (TPSA) is 40.6 Å². The first-order chi connectivity index (χ1) is 7.29. The molecular formula is C8H15F3N2O2S. The zero-order valence-corrected chi connectivity index (χ0v) is 9.92. The Labute approximate surface area is 94.5 Å². The Morgan fingerprint density at radius 2 is 1.75 bits per heavy atom. The van der Waals surface area contributed by atoms with Crippen LogP contribution >= 0.6 is 0 Å². The summed E-state index contributed by atoms with van der Waals surface area (Å²) in [4.78, 5) is 4.41. The molecule has 0 aliphatic carbocycles. The molecule has 0 radical (unpaired) electrons. The summed E-state index contributed by atoms with van der Waals surface area (Å²) in [7, 11) is -0.0356. The molecule has 96 valence electrons. The summed E-state index contributed by atoms with van der Waals surface area (Å²) in [6.45, 7) is 0.654. The predicted molar refractivity (Wildman–Crippen MR) is 57.3 cm³/mol. The Kier molecular flexibility index (Phi) is 11.1. The van der Waals surface area contributed by atoms with Crippen LogP contribution in [0.15, 0.2) is 12.4 Å². The molecule has 0 fully saturated rings. The van der Waals surface area contributed by atoms with Crippen molar-refractivity contribution in [1.82, 2.24) is 9.80 Å². The van der Waals surface area contributed by atoms with Crippen LogP contribution < -0.4 is 0 Å². The zero-order valence-electron chi connectivity index (χ0n) is 9.11. The minimum Gasteiger partial charge on any atom is -0.362 e. The second kappa shape index (κ2) is 10.3. The first-order valence-electron chi connectivity index (χ1n) is 4.23. The zero-order chi connectivity index (χ0) is 13.1. The molecular weight excluding hydrogens is 245 g/mol. The monoisotopic (exact) mass is 260 g/mol. The van der Waals surface area contributed by atoms with Crippen molar-refractivity contribution in [3.8, 4) is 0 Å². The summed E-state index contributed by atoms with van der Waals surface area (Å²) in [5.74, 6) is 2.56. The average molecular weight is 260 g/mol. The molecule has 0 spiro atoms. The lowest BCUT2D eigenvalue weighted by molar-refractivity contribution is 0.00819. The van der Waals surface area contributed by atoms with Crippen molar-refractivity contribution < 1.29 is 21.6 Å². The van der Waals surface area contributed by atoms with Crippen LogP contribution in [0, 0.1) is 0 Å². The van der Waals surface area contributed by atoms with Gasteiger partial charge in [-0.15, -0.1) is 0 Å². The lowest BCUT2D eigenvalue weighted by Gasteiger charge is -2.14. The summed E-state index contributed by atoms with van der Waals surface area (Å²) in [6.07, 6.45) is 4.20. The van der Waals surface area contributed by atoms with Crippen LogP contribution in [0.25, 0.3) is 0 Å². The van der Waals surface area contributed by atoms with Gasteiger partial charge in [0, 0.05) is 31.9 Å². The molecule has 4 nitrogen and oxygen atoms in total. The molecule has 1 rings (SSSR count). The van der Waals surface area contributed by atoms with Crippen LogP contribution in [0.3, 0.4) is 0 Å². The fourth-order valence-corrected chi connectivity index (χ4v) is 0.794. The number of alkyl halides is 3. The van der Waals surface area contributed by atoms with E-state index in [0.29, 0.717) is 0 Å². The molecule has 8 heteroatoms. The summed E-state index contributed by atoms with van der Waals surface area (Å²) < 4.78 is 46.8. The van der Waals surface area contributed by atoms with E-state index < -0.39 is 17.0 Å². The Morgan fingerprint density at radius 3 is 1.88 bits per heavy atom. The molecule has 0 bridgehead atoms. The van der Waals surface area contributed by atoms with Crippen molar-refractivity contribution >= 4 is 16.2 Å². The Hall–Kier alpha value is -1.18. The number of hydrogen-bond acceptors (Lipinski definition) is 4. The second-order valence-corrected chi connectivity index (χ2v) is 3.26. The lowest BCUT2D eigenvalue weighted by atomic mass is 10.6. The molecule has 0 amide bonds. The van der Waals surface area contributed by atoms with Gasteiger partial charge in [-0.3, -0.25) is 0 Å². The minimum atomic E-state index is -3.67. The lowest BCUT2D eigenvalue weighted by Crippen LogP contribution is -2.21. The standard InChI is InChI=1S/C6H12N2.CHF3.CH2O2S/c1-3-8-5-4-7(2)6-8;2-1(3)4;1-4(2)3/h4-5H,3,6H2,1-2H3;1H;1H2. The van der Waals surface area contributed by atoms with Crippen LogP contribution in [0.1, 0.15) is 6.92 Å². The van der Waals surface area contributed by atoms with Crippen LogP contribution in [0.5, 0.6) is 0 Å². The molecule has 0 aromatic rings. The quantitative estimate of drug-likeness (QED) is 0.663. The molecule has 0 aromatic heterocycles. The molecule has 0 N–H and O–H groups in total. The third-order valence-corrected chi connectivity index (χ3v) is 1.34. The number of halogens is 3. The third-order valence-electron chi connectivity index (χ3n) is 1.34. The van der Waals surface area contributed by atoms with Crippen molar-refractivity contribution in [3.05, 3.63) is 12.4 Å². The van der Waals surface area contributed by atoms with Crippen molar-refractivity contribution in [2.75, 3.05) is 20.3 Å². The smallest absolute Gasteiger partial charge is 0.362 e. The highest BCUT2D eigenvalue weighted by atomic mass is 32.2. The van der Waals surface area contributed by atoms with Gasteiger partial charge < -0.3 is 9.80 Å². The second-order valence-electron chi connectivity index (χ2n) is 2.65. The van der Waals surface area contributed by atoms with Gasteiger partial charge >= 0.3 is 6.68 Å². The predicted octanol–water partition coefficient (Wildman–Crippen LogP) is 1.16. The van der Waals surface area contributed by atoms with Crippen molar-refractivity contribution in [3.63, 3.8) is 0 Å². The van der Waals surface area contributed by atoms with E-state index in [0.717, 1.165) is 13.2 Å². The van der Waals surface area contributed by atoms with E-state index in [2.05, 4.69) is 42.0 Å². The Bertz CT molecular complexity index is 282. The summed E-state index contributed by atoms with van der Waals surface area (Å²) >= 11 is 0. The fraction of sp³-hybridized carbons (Fsp3) is 0.625. The SMILES string of the molecule is C=S(=O)=O.CCN1C=CN(C)C1.FC(F)F. The van der Waals surface area contributed by atoms with E-state index in [9.17, 15) is 13.2 Å². The van der Waals surface area contributed by atoms with Gasteiger partial charge in [-0.25, -0.2) is 0 Å². The highest BCUT2D eigenvalue weighted by Crippen LogP contribution is 2.00. The maximum Gasteiger partial charge on any atom is 0.379 e. The normalized spacial score (nSPS) is 12.9. The fourth-order valence-electron chi connectivity index (χ4n) is 0.794. The van der Waals surface area contributed by atoms with Crippen molar-refractivity contribution in [2.45, 2.75) is 13.6 Å². The van der Waals surface area contributed by atoms with Gasteiger partial charge in [0.1, 0.15) is 0 Å². The minimum absolute atomic E-state index is 1.05. The summed E-state index contributed by atoms with van der Waals surface area (Å²) in [5, 5.41) is 0. The molecule has 0 unspecified atom stereocenters. The van der Waals surface area contributed by atoms with Crippen LogP contribution in [0.2, 0.25) is 0 Å². The van der Waals surface area contributed by atoms with E-state index >= 15 is 0 Å². The first-order valence-corrected chi connectivity index (χ1v) is 5.47. The third kappa shape index (κ3) is 18.6. The highest BCUT2D eigenvalue weighted by molar-refractivity contribution is 7.70. The van der Waals surface area contributed by atoms with E-state index in [1.54, 1.807) is 0 Å². The average Bonchev–Trinajstić information content (AvgIpc) is 2.49. The van der Waals surface area contributed by atoms with Crippen molar-refractivity contribution in [2.24, 2.45) is 0 Å². The number of hydrogen-bond donors (Lipinski definition) is 0. The van der Waals surface area contributed by atoms with Crippen molar-refractivity contribution in [1.29, 1.82) is 0 Å². The van der Waals surface area contributed by atoms with Gasteiger partial charge in [-0.1, -0.05) is 0 Å². The van der Waals surface area contributed by atoms with E-state index in [4.69, 9.17) is 8.42 Å². The van der Waals surface area contributed by atoms with E-state index in [-0.39, 0.29) is 0 Å². The Morgan fingerprint density at radius 1 is 1.38 bits per heavy atom. The molecule has 1 aliphatic rings. The first kappa shape index (κ1) is 17.2. The number of rotatable bonds is 1. The van der Waals surface area contributed by atoms with Crippen LogP contribution in [-0.4, -0.2) is 51.0 Å². The van der Waals surface area contributed by atoms with Gasteiger partial charge in [-0.05, 0) is 6.92 Å². The molecule has 1 aliphatic heterocycles. The van der Waals surface area contributed by atoms with E-state index in [1.165, 1.54) is 0 Å². The van der Waals surface area contributed by atoms with Gasteiger partial charge in [0.25, 0.3) is 0 Å². The molecule has 1 heterocycles. The summed E-state index contributed by atoms with van der Waals surface area (Å²) in [6, 6.07) is 0. The van der Waals surface area contributed by atoms with Gasteiger partial charge in [-0.2, -0.15) is 21.6 Å². The largest absolute Gasteiger partial charge is 0.379 e. The molecule has 0 aromatic carbocycles. The highest BCUT2D eigenvalue weighted by Gasteiger charge is 2.03. The molecule has 0 saturated heterocycles. The van der Waals surface area contributed by atoms with E-state index in [1.807, 2.05) is 0 Å². The Balaban J connectivity index is 0.